The van der Waals surface area contributed by atoms with Crippen molar-refractivity contribution >= 4 is 18.4 Å². The topological polar surface area (TPSA) is 38.8 Å². The summed E-state index contributed by atoms with van der Waals surface area (Å²) in [5.74, 6) is 0.852. The van der Waals surface area contributed by atoms with Gasteiger partial charge in [0, 0.05) is 13.1 Å². The fourth-order valence-electron chi connectivity index (χ4n) is 2.64. The quantitative estimate of drug-likeness (QED) is 0.784. The summed E-state index contributed by atoms with van der Waals surface area (Å²) in [5, 5.41) is 0. The van der Waals surface area contributed by atoms with E-state index in [0.29, 0.717) is 6.61 Å². The van der Waals surface area contributed by atoms with E-state index in [2.05, 4.69) is 17.0 Å². The SMILES string of the molecule is CCOC(=O)C1CCCN(Cc2ccc(OC)cc2)C1.Cl. The van der Waals surface area contributed by atoms with Gasteiger partial charge in [-0.2, -0.15) is 0 Å². The van der Waals surface area contributed by atoms with E-state index in [1.54, 1.807) is 7.11 Å². The molecule has 0 aliphatic carbocycles. The van der Waals surface area contributed by atoms with Gasteiger partial charge in [-0.1, -0.05) is 12.1 Å². The van der Waals surface area contributed by atoms with Gasteiger partial charge < -0.3 is 9.47 Å². The molecule has 1 saturated heterocycles. The first-order valence-corrected chi connectivity index (χ1v) is 7.25. The zero-order chi connectivity index (χ0) is 14.4. The van der Waals surface area contributed by atoms with Crippen LogP contribution in [0.4, 0.5) is 0 Å². The summed E-state index contributed by atoms with van der Waals surface area (Å²) in [7, 11) is 1.67. The molecule has 1 atom stereocenters. The Bertz CT molecular complexity index is 436. The maximum Gasteiger partial charge on any atom is 0.310 e. The van der Waals surface area contributed by atoms with Gasteiger partial charge >= 0.3 is 5.97 Å². The summed E-state index contributed by atoms with van der Waals surface area (Å²) >= 11 is 0. The van der Waals surface area contributed by atoms with Crippen LogP contribution in [0.5, 0.6) is 5.75 Å². The minimum Gasteiger partial charge on any atom is -0.497 e. The van der Waals surface area contributed by atoms with Crippen LogP contribution >= 0.6 is 12.4 Å². The standard InChI is InChI=1S/C16H23NO3.ClH/c1-3-20-16(18)14-5-4-10-17(12-14)11-13-6-8-15(19-2)9-7-13;/h6-9,14H,3-5,10-12H2,1-2H3;1H. The molecule has 0 N–H and O–H groups in total. The Morgan fingerprint density at radius 2 is 2.05 bits per heavy atom. The first-order chi connectivity index (χ1) is 9.72. The van der Waals surface area contributed by atoms with Crippen LogP contribution in [-0.2, 0) is 16.1 Å². The van der Waals surface area contributed by atoms with Crippen LogP contribution in [0.2, 0.25) is 0 Å². The van der Waals surface area contributed by atoms with Crippen molar-refractivity contribution < 1.29 is 14.3 Å². The second-order valence-electron chi connectivity index (χ2n) is 5.17. The molecule has 1 unspecified atom stereocenters. The van der Waals surface area contributed by atoms with Gasteiger partial charge in [0.1, 0.15) is 5.75 Å². The number of carbonyl (C=O) groups excluding carboxylic acids is 1. The Hall–Kier alpha value is -1.26. The number of nitrogens with zero attached hydrogens (tertiary/aromatic N) is 1. The molecule has 5 heteroatoms. The van der Waals surface area contributed by atoms with E-state index in [0.717, 1.165) is 38.2 Å². The first kappa shape index (κ1) is 17.8. The number of piperidine rings is 1. The minimum absolute atomic E-state index is 0. The second kappa shape index (κ2) is 8.90. The van der Waals surface area contributed by atoms with Gasteiger partial charge in [-0.25, -0.2) is 0 Å². The van der Waals surface area contributed by atoms with Crippen LogP contribution in [0.3, 0.4) is 0 Å². The summed E-state index contributed by atoms with van der Waals surface area (Å²) in [6, 6.07) is 8.10. The molecular weight excluding hydrogens is 290 g/mol. The van der Waals surface area contributed by atoms with Gasteiger partial charge in [-0.15, -0.1) is 12.4 Å². The predicted octanol–water partition coefficient (Wildman–Crippen LogP) is 2.89. The maximum atomic E-state index is 11.8. The smallest absolute Gasteiger partial charge is 0.310 e. The summed E-state index contributed by atoms with van der Waals surface area (Å²) < 4.78 is 10.3. The third-order valence-corrected chi connectivity index (χ3v) is 3.69. The lowest BCUT2D eigenvalue weighted by Gasteiger charge is -2.31. The largest absolute Gasteiger partial charge is 0.497 e. The first-order valence-electron chi connectivity index (χ1n) is 7.25. The number of hydrogen-bond donors (Lipinski definition) is 0. The average Bonchev–Trinajstić information content (AvgIpc) is 2.48. The van der Waals surface area contributed by atoms with Gasteiger partial charge in [-0.3, -0.25) is 9.69 Å². The molecule has 0 saturated carbocycles. The molecule has 1 aliphatic rings. The molecule has 0 radical (unpaired) electrons. The van der Waals surface area contributed by atoms with Gasteiger partial charge in [0.2, 0.25) is 0 Å². The molecular formula is C16H24ClNO3. The summed E-state index contributed by atoms with van der Waals surface area (Å²) in [6.45, 7) is 5.04. The number of esters is 1. The Morgan fingerprint density at radius 3 is 2.67 bits per heavy atom. The number of ether oxygens (including phenoxy) is 2. The minimum atomic E-state index is -0.0491. The molecule has 21 heavy (non-hydrogen) atoms. The van der Waals surface area contributed by atoms with E-state index in [1.165, 1.54) is 5.56 Å². The van der Waals surface area contributed by atoms with Gasteiger partial charge in [0.25, 0.3) is 0 Å². The zero-order valence-corrected chi connectivity index (χ0v) is 13.5. The monoisotopic (exact) mass is 313 g/mol. The van der Waals surface area contributed by atoms with E-state index in [1.807, 2.05) is 19.1 Å². The number of halogens is 1. The van der Waals surface area contributed by atoms with Crippen molar-refractivity contribution in [3.63, 3.8) is 0 Å². The Kier molecular flexibility index (Phi) is 7.54. The molecule has 0 bridgehead atoms. The van der Waals surface area contributed by atoms with Gasteiger partial charge in [0.15, 0.2) is 0 Å². The molecule has 1 aliphatic heterocycles. The van der Waals surface area contributed by atoms with Gasteiger partial charge in [-0.05, 0) is 44.0 Å². The van der Waals surface area contributed by atoms with Crippen LogP contribution in [-0.4, -0.2) is 37.7 Å². The lowest BCUT2D eigenvalue weighted by molar-refractivity contribution is -0.150. The zero-order valence-electron chi connectivity index (χ0n) is 12.7. The molecule has 1 heterocycles. The molecule has 1 aromatic rings. The van der Waals surface area contributed by atoms with Crippen molar-refractivity contribution in [3.05, 3.63) is 29.8 Å². The highest BCUT2D eigenvalue weighted by Gasteiger charge is 2.26. The molecule has 0 spiro atoms. The normalized spacial score (nSPS) is 18.7. The Balaban J connectivity index is 0.00000220. The van der Waals surface area contributed by atoms with Crippen molar-refractivity contribution in [2.45, 2.75) is 26.3 Å². The third-order valence-electron chi connectivity index (χ3n) is 3.69. The van der Waals surface area contributed by atoms with Crippen molar-refractivity contribution in [2.75, 3.05) is 26.8 Å². The predicted molar refractivity (Wildman–Crippen MR) is 84.9 cm³/mol. The summed E-state index contributed by atoms with van der Waals surface area (Å²) in [4.78, 5) is 14.1. The number of benzene rings is 1. The highest BCUT2D eigenvalue weighted by Crippen LogP contribution is 2.20. The Labute approximate surface area is 132 Å². The number of carbonyl (C=O) groups is 1. The van der Waals surface area contributed by atoms with E-state index in [4.69, 9.17) is 9.47 Å². The lowest BCUT2D eigenvalue weighted by Crippen LogP contribution is -2.38. The number of likely N-dealkylation sites (tertiary alicyclic amines) is 1. The number of hydrogen-bond acceptors (Lipinski definition) is 4. The van der Waals surface area contributed by atoms with Crippen LogP contribution in [0.15, 0.2) is 24.3 Å². The summed E-state index contributed by atoms with van der Waals surface area (Å²) in [5.41, 5.74) is 1.25. The number of rotatable bonds is 5. The van der Waals surface area contributed by atoms with Gasteiger partial charge in [0.05, 0.1) is 19.6 Å². The molecule has 0 amide bonds. The van der Waals surface area contributed by atoms with E-state index in [-0.39, 0.29) is 24.3 Å². The van der Waals surface area contributed by atoms with Crippen molar-refractivity contribution in [1.29, 1.82) is 0 Å². The molecule has 1 fully saturated rings. The van der Waals surface area contributed by atoms with Crippen molar-refractivity contribution in [2.24, 2.45) is 5.92 Å². The fraction of sp³-hybridized carbons (Fsp3) is 0.562. The van der Waals surface area contributed by atoms with Crippen molar-refractivity contribution in [1.82, 2.24) is 4.90 Å². The van der Waals surface area contributed by atoms with E-state index in [9.17, 15) is 4.79 Å². The summed E-state index contributed by atoms with van der Waals surface area (Å²) in [6.07, 6.45) is 2.00. The van der Waals surface area contributed by atoms with E-state index < -0.39 is 0 Å². The Morgan fingerprint density at radius 1 is 1.33 bits per heavy atom. The molecule has 2 rings (SSSR count). The highest BCUT2D eigenvalue weighted by atomic mass is 35.5. The third kappa shape index (κ3) is 5.21. The molecule has 4 nitrogen and oxygen atoms in total. The average molecular weight is 314 g/mol. The molecule has 1 aromatic carbocycles. The highest BCUT2D eigenvalue weighted by molar-refractivity contribution is 5.85. The molecule has 118 valence electrons. The van der Waals surface area contributed by atoms with E-state index >= 15 is 0 Å². The van der Waals surface area contributed by atoms with Crippen LogP contribution in [0.1, 0.15) is 25.3 Å². The van der Waals surface area contributed by atoms with Crippen molar-refractivity contribution in [3.8, 4) is 5.75 Å². The number of methoxy groups -OCH3 is 1. The fourth-order valence-corrected chi connectivity index (χ4v) is 2.64. The maximum absolute atomic E-state index is 11.8. The molecule has 0 aromatic heterocycles. The van der Waals surface area contributed by atoms with Crippen LogP contribution < -0.4 is 4.74 Å². The van der Waals surface area contributed by atoms with Crippen LogP contribution in [0.25, 0.3) is 0 Å². The second-order valence-corrected chi connectivity index (χ2v) is 5.17. The lowest BCUT2D eigenvalue weighted by atomic mass is 9.98. The van der Waals surface area contributed by atoms with Crippen LogP contribution in [0, 0.1) is 5.92 Å².